The van der Waals surface area contributed by atoms with E-state index in [4.69, 9.17) is 16.3 Å². The summed E-state index contributed by atoms with van der Waals surface area (Å²) in [7, 11) is -2.89. The number of halogens is 1. The van der Waals surface area contributed by atoms with Crippen LogP contribution in [0.25, 0.3) is 0 Å². The molecule has 5 nitrogen and oxygen atoms in total. The third kappa shape index (κ3) is 5.24. The van der Waals surface area contributed by atoms with Gasteiger partial charge in [-0.3, -0.25) is 5.32 Å². The first-order valence-electron chi connectivity index (χ1n) is 8.98. The van der Waals surface area contributed by atoms with Crippen molar-refractivity contribution < 1.29 is 13.2 Å². The summed E-state index contributed by atoms with van der Waals surface area (Å²) in [4.78, 5) is 0. The van der Waals surface area contributed by atoms with Crippen molar-refractivity contribution >= 4 is 33.2 Å². The molecule has 1 aliphatic carbocycles. The summed E-state index contributed by atoms with van der Waals surface area (Å²) in [5, 5.41) is 7.48. The van der Waals surface area contributed by atoms with Crippen LogP contribution in [-0.2, 0) is 14.6 Å². The molecule has 3 rings (SSSR count). The van der Waals surface area contributed by atoms with Gasteiger partial charge in [-0.15, -0.1) is 23.4 Å². The Kier molecular flexibility index (Phi) is 6.77. The fourth-order valence-corrected chi connectivity index (χ4v) is 6.87. The lowest BCUT2D eigenvalue weighted by atomic mass is 9.83. The summed E-state index contributed by atoms with van der Waals surface area (Å²) in [6.07, 6.45) is 7.18. The van der Waals surface area contributed by atoms with Crippen LogP contribution in [0, 0.1) is 5.92 Å². The highest BCUT2D eigenvalue weighted by Gasteiger charge is 2.34. The molecule has 3 fully saturated rings. The monoisotopic (exact) mass is 396 g/mol. The van der Waals surface area contributed by atoms with Crippen molar-refractivity contribution in [3.63, 3.8) is 0 Å². The lowest BCUT2D eigenvalue weighted by Gasteiger charge is -2.39. The van der Waals surface area contributed by atoms with Gasteiger partial charge in [0.25, 0.3) is 0 Å². The van der Waals surface area contributed by atoms with Crippen molar-refractivity contribution in [1.29, 1.82) is 0 Å². The first kappa shape index (κ1) is 19.2. The SMILES string of the molecule is CS(=O)(=O)C1CCC(C2CNCC(OCC3CCC(Cl)S3)N2)CC1. The van der Waals surface area contributed by atoms with Crippen LogP contribution < -0.4 is 10.6 Å². The molecule has 0 spiro atoms. The molecule has 4 atom stereocenters. The first-order chi connectivity index (χ1) is 11.4. The second-order valence-electron chi connectivity index (χ2n) is 7.37. The van der Waals surface area contributed by atoms with Crippen LogP contribution in [-0.4, -0.2) is 61.8 Å². The van der Waals surface area contributed by atoms with E-state index in [2.05, 4.69) is 10.6 Å². The Hall–Kier alpha value is 0.470. The number of piperazine rings is 1. The van der Waals surface area contributed by atoms with E-state index in [0.717, 1.165) is 58.2 Å². The lowest BCUT2D eigenvalue weighted by Crippen LogP contribution is -2.59. The van der Waals surface area contributed by atoms with E-state index in [1.807, 2.05) is 11.8 Å². The number of rotatable bonds is 5. The number of alkyl halides is 1. The van der Waals surface area contributed by atoms with Gasteiger partial charge in [0.05, 0.1) is 16.6 Å². The second kappa shape index (κ2) is 8.44. The van der Waals surface area contributed by atoms with Crippen molar-refractivity contribution in [2.45, 2.75) is 66.0 Å². The van der Waals surface area contributed by atoms with Gasteiger partial charge >= 0.3 is 0 Å². The largest absolute Gasteiger partial charge is 0.361 e. The quantitative estimate of drug-likeness (QED) is 0.692. The average molecular weight is 397 g/mol. The Bertz CT molecular complexity index is 511. The maximum atomic E-state index is 11.7. The van der Waals surface area contributed by atoms with E-state index < -0.39 is 9.84 Å². The molecule has 140 valence electrons. The van der Waals surface area contributed by atoms with Gasteiger partial charge in [-0.25, -0.2) is 8.42 Å². The van der Waals surface area contributed by atoms with E-state index in [1.165, 1.54) is 6.26 Å². The van der Waals surface area contributed by atoms with Crippen molar-refractivity contribution in [3.05, 3.63) is 0 Å². The van der Waals surface area contributed by atoms with Gasteiger partial charge in [-0.2, -0.15) is 0 Å². The first-order valence-corrected chi connectivity index (χ1v) is 12.3. The molecular weight excluding hydrogens is 368 g/mol. The zero-order valence-corrected chi connectivity index (χ0v) is 16.6. The van der Waals surface area contributed by atoms with Gasteiger partial charge in [0, 0.05) is 30.6 Å². The molecule has 2 heterocycles. The average Bonchev–Trinajstić information content (AvgIpc) is 2.98. The molecule has 0 radical (unpaired) electrons. The summed E-state index contributed by atoms with van der Waals surface area (Å²) >= 11 is 7.95. The van der Waals surface area contributed by atoms with E-state index in [9.17, 15) is 8.42 Å². The molecule has 8 heteroatoms. The molecule has 0 bridgehead atoms. The predicted molar refractivity (Wildman–Crippen MR) is 100 cm³/mol. The van der Waals surface area contributed by atoms with E-state index in [0.29, 0.717) is 17.2 Å². The normalized spacial score (nSPS) is 41.4. The third-order valence-corrected chi connectivity index (χ3v) is 9.02. The minimum Gasteiger partial charge on any atom is -0.361 e. The maximum absolute atomic E-state index is 11.7. The topological polar surface area (TPSA) is 67.4 Å². The molecule has 2 N–H and O–H groups in total. The Morgan fingerprint density at radius 1 is 1.12 bits per heavy atom. The third-order valence-electron chi connectivity index (χ3n) is 5.53. The van der Waals surface area contributed by atoms with E-state index in [-0.39, 0.29) is 16.2 Å². The van der Waals surface area contributed by atoms with Crippen LogP contribution >= 0.6 is 23.4 Å². The van der Waals surface area contributed by atoms with Gasteiger partial charge in [0.15, 0.2) is 0 Å². The second-order valence-corrected chi connectivity index (χ2v) is 12.0. The van der Waals surface area contributed by atoms with Crippen molar-refractivity contribution in [1.82, 2.24) is 10.6 Å². The zero-order chi connectivity index (χ0) is 17.2. The Labute approximate surface area is 154 Å². The summed E-state index contributed by atoms with van der Waals surface area (Å²) in [6.45, 7) is 2.52. The van der Waals surface area contributed by atoms with E-state index >= 15 is 0 Å². The minimum absolute atomic E-state index is 0.0476. The highest BCUT2D eigenvalue weighted by Crippen LogP contribution is 2.36. The van der Waals surface area contributed by atoms with Crippen molar-refractivity contribution in [2.75, 3.05) is 26.0 Å². The van der Waals surface area contributed by atoms with Crippen LogP contribution in [0.4, 0.5) is 0 Å². The molecule has 4 unspecified atom stereocenters. The van der Waals surface area contributed by atoms with Gasteiger partial charge in [-0.1, -0.05) is 0 Å². The van der Waals surface area contributed by atoms with E-state index in [1.54, 1.807) is 0 Å². The standard InChI is InChI=1S/C16H29ClN2O3S2/c1-24(20,21)13-5-2-11(3-6-13)14-8-18-9-16(19-14)22-10-12-4-7-15(17)23-12/h11-16,18-19H,2-10H2,1H3. The fourth-order valence-electron chi connectivity index (χ4n) is 4.06. The molecule has 0 aromatic heterocycles. The van der Waals surface area contributed by atoms with Crippen LogP contribution in [0.3, 0.4) is 0 Å². The van der Waals surface area contributed by atoms with Crippen LogP contribution in [0.15, 0.2) is 0 Å². The Balaban J connectivity index is 1.42. The Morgan fingerprint density at radius 2 is 1.88 bits per heavy atom. The van der Waals surface area contributed by atoms with Gasteiger partial charge in [-0.05, 0) is 44.4 Å². The highest BCUT2D eigenvalue weighted by molar-refractivity contribution is 8.01. The summed E-state index contributed by atoms with van der Waals surface area (Å²) < 4.78 is 29.7. The van der Waals surface area contributed by atoms with Crippen LogP contribution in [0.1, 0.15) is 38.5 Å². The summed E-state index contributed by atoms with van der Waals surface area (Å²) in [5.41, 5.74) is 0. The summed E-state index contributed by atoms with van der Waals surface area (Å²) in [6, 6.07) is 0.376. The zero-order valence-electron chi connectivity index (χ0n) is 14.2. The molecule has 0 amide bonds. The number of hydrogen-bond acceptors (Lipinski definition) is 6. The molecule has 0 aromatic rings. The number of ether oxygens (including phenoxy) is 1. The molecule has 24 heavy (non-hydrogen) atoms. The lowest BCUT2D eigenvalue weighted by molar-refractivity contribution is -0.000192. The van der Waals surface area contributed by atoms with Crippen LogP contribution in [0.2, 0.25) is 0 Å². The van der Waals surface area contributed by atoms with Crippen molar-refractivity contribution in [3.8, 4) is 0 Å². The van der Waals surface area contributed by atoms with Crippen molar-refractivity contribution in [2.24, 2.45) is 5.92 Å². The molecule has 2 saturated heterocycles. The fraction of sp³-hybridized carbons (Fsp3) is 1.00. The molecular formula is C16H29ClN2O3S2. The molecule has 2 aliphatic heterocycles. The molecule has 1 saturated carbocycles. The number of hydrogen-bond donors (Lipinski definition) is 2. The van der Waals surface area contributed by atoms with Gasteiger partial charge < -0.3 is 10.1 Å². The van der Waals surface area contributed by atoms with Gasteiger partial charge in [0.2, 0.25) is 0 Å². The molecule has 3 aliphatic rings. The number of nitrogens with one attached hydrogen (secondary N) is 2. The van der Waals surface area contributed by atoms with Gasteiger partial charge in [0.1, 0.15) is 16.1 Å². The molecule has 0 aromatic carbocycles. The number of sulfone groups is 1. The van der Waals surface area contributed by atoms with Crippen LogP contribution in [0.5, 0.6) is 0 Å². The summed E-state index contributed by atoms with van der Waals surface area (Å²) in [5.74, 6) is 0.537. The smallest absolute Gasteiger partial charge is 0.150 e. The minimum atomic E-state index is -2.89. The number of thioether (sulfide) groups is 1. The maximum Gasteiger partial charge on any atom is 0.150 e. The Morgan fingerprint density at radius 3 is 2.50 bits per heavy atom. The predicted octanol–water partition coefficient (Wildman–Crippen LogP) is 1.95. The highest BCUT2D eigenvalue weighted by atomic mass is 35.5.